The molecule has 0 spiro atoms. The summed E-state index contributed by atoms with van der Waals surface area (Å²) >= 11 is 0. The van der Waals surface area contributed by atoms with E-state index in [1.54, 1.807) is 0 Å². The Balaban J connectivity index is 1.26. The third kappa shape index (κ3) is 11.3. The third-order valence-corrected chi connectivity index (χ3v) is 9.47. The number of rotatable bonds is 20. The molecule has 3 aromatic carbocycles. The van der Waals surface area contributed by atoms with E-state index in [0.29, 0.717) is 18.9 Å². The van der Waals surface area contributed by atoms with Crippen molar-refractivity contribution < 1.29 is 4.79 Å². The molecule has 0 bridgehead atoms. The summed E-state index contributed by atoms with van der Waals surface area (Å²) in [6, 6.07) is 29.5. The lowest BCUT2D eigenvalue weighted by molar-refractivity contribution is -0.123. The zero-order valence-corrected chi connectivity index (χ0v) is 28.4. The average molecular weight is 619 g/mol. The van der Waals surface area contributed by atoms with Gasteiger partial charge in [0.2, 0.25) is 5.91 Å². The predicted molar refractivity (Wildman–Crippen MR) is 191 cm³/mol. The maximum atomic E-state index is 13.5. The molecule has 1 aliphatic carbocycles. The summed E-state index contributed by atoms with van der Waals surface area (Å²) in [5, 5.41) is 10.6. The van der Waals surface area contributed by atoms with Crippen LogP contribution in [-0.4, -0.2) is 56.1 Å². The van der Waals surface area contributed by atoms with Crippen LogP contribution >= 0.6 is 0 Å². The van der Waals surface area contributed by atoms with Crippen LogP contribution in [-0.2, 0) is 24.1 Å². The number of hydrogen-bond acceptors (Lipinski definition) is 4. The number of carbonyl (C=O) groups excluding carboxylic acids is 1. The highest BCUT2D eigenvalue weighted by Crippen LogP contribution is 2.26. The highest BCUT2D eigenvalue weighted by atomic mass is 16.2. The van der Waals surface area contributed by atoms with Crippen LogP contribution in [0.4, 0.5) is 0 Å². The molecule has 4 rings (SSSR count). The largest absolute Gasteiger partial charge is 0.353 e. The summed E-state index contributed by atoms with van der Waals surface area (Å²) in [6.45, 7) is 15.7. The summed E-state index contributed by atoms with van der Waals surface area (Å²) in [6.07, 6.45) is 10.3. The number of fused-ring (bicyclic) bond motifs is 1. The van der Waals surface area contributed by atoms with Gasteiger partial charge < -0.3 is 20.9 Å². The van der Waals surface area contributed by atoms with Gasteiger partial charge in [-0.2, -0.15) is 0 Å². The fourth-order valence-corrected chi connectivity index (χ4v) is 6.45. The van der Waals surface area contributed by atoms with E-state index in [2.05, 4.69) is 121 Å². The lowest BCUT2D eigenvalue weighted by Gasteiger charge is -2.25. The SMILES string of the molecule is C=Cc1ccc(C[C@@H](NCCCCC2CCc3c#cc#cc3C2)C(=O)NCCNC(CCN(CC)CC)c2ccc(C)cc2)cc1. The quantitative estimate of drug-likeness (QED) is 0.127. The van der Waals surface area contributed by atoms with E-state index in [4.69, 9.17) is 0 Å². The smallest absolute Gasteiger partial charge is 0.237 e. The standard InChI is InChI=1S/C41H54N4O/c1-5-33-17-19-35(20-18-33)31-40(42-26-11-10-12-34-21-24-36-13-8-9-14-38(36)30-34)41(46)44-28-27-43-39(25-29-45(6-2)7-3)37-22-15-32(4)16-23-37/h5,15-20,22-23,34,39-40,42-43H,1,6-7,10-12,21,24-31H2,2-4H3,(H,44,46)/t34?,39?,40-/m1/s1. The van der Waals surface area contributed by atoms with Crippen molar-refractivity contribution in [3.05, 3.63) is 113 Å². The molecule has 5 nitrogen and oxygen atoms in total. The number of benzene rings is 2. The molecule has 3 N–H and O–H groups in total. The fraction of sp³-hybridized carbons (Fsp3) is 0.488. The van der Waals surface area contributed by atoms with Crippen LogP contribution in [0.15, 0.2) is 55.1 Å². The van der Waals surface area contributed by atoms with Gasteiger partial charge in [0.25, 0.3) is 0 Å². The van der Waals surface area contributed by atoms with E-state index in [0.717, 1.165) is 76.0 Å². The van der Waals surface area contributed by atoms with Gasteiger partial charge in [0.05, 0.1) is 6.04 Å². The van der Waals surface area contributed by atoms with E-state index in [-0.39, 0.29) is 18.0 Å². The Morgan fingerprint density at radius 1 is 0.957 bits per heavy atom. The van der Waals surface area contributed by atoms with Crippen LogP contribution in [0.3, 0.4) is 0 Å². The lowest BCUT2D eigenvalue weighted by atomic mass is 9.82. The molecule has 0 fully saturated rings. The van der Waals surface area contributed by atoms with Crippen molar-refractivity contribution >= 4 is 12.0 Å². The Morgan fingerprint density at radius 3 is 2.41 bits per heavy atom. The number of aryl methyl sites for hydroxylation is 1. The second-order valence-corrected chi connectivity index (χ2v) is 12.7. The van der Waals surface area contributed by atoms with Crippen LogP contribution < -0.4 is 16.0 Å². The van der Waals surface area contributed by atoms with Crippen molar-refractivity contribution in [1.29, 1.82) is 0 Å². The average Bonchev–Trinajstić information content (AvgIpc) is 3.09. The van der Waals surface area contributed by atoms with Gasteiger partial charge in [-0.3, -0.25) is 4.79 Å². The van der Waals surface area contributed by atoms with Gasteiger partial charge >= 0.3 is 0 Å². The highest BCUT2D eigenvalue weighted by molar-refractivity contribution is 5.82. The Labute approximate surface area is 279 Å². The number of nitrogens with zero attached hydrogens (tertiary/aromatic N) is 1. The van der Waals surface area contributed by atoms with E-state index in [9.17, 15) is 4.79 Å². The highest BCUT2D eigenvalue weighted by Gasteiger charge is 2.20. The topological polar surface area (TPSA) is 56.4 Å². The molecule has 0 heterocycles. The van der Waals surface area contributed by atoms with Crippen LogP contribution in [0.25, 0.3) is 6.08 Å². The molecule has 0 saturated carbocycles. The van der Waals surface area contributed by atoms with Crippen LogP contribution in [0.5, 0.6) is 0 Å². The maximum absolute atomic E-state index is 13.5. The molecular weight excluding hydrogens is 564 g/mol. The molecule has 2 unspecified atom stereocenters. The monoisotopic (exact) mass is 618 g/mol. The van der Waals surface area contributed by atoms with Crippen molar-refractivity contribution in [2.75, 3.05) is 39.3 Å². The van der Waals surface area contributed by atoms with E-state index in [1.165, 1.54) is 35.1 Å². The number of carbonyl (C=O) groups is 1. The minimum atomic E-state index is -0.274. The molecule has 0 aliphatic heterocycles. The number of hydrogen-bond donors (Lipinski definition) is 3. The van der Waals surface area contributed by atoms with Crippen molar-refractivity contribution in [3.63, 3.8) is 0 Å². The molecule has 0 aromatic heterocycles. The van der Waals surface area contributed by atoms with Gasteiger partial charge in [0.15, 0.2) is 0 Å². The Bertz CT molecular complexity index is 1320. The van der Waals surface area contributed by atoms with Crippen molar-refractivity contribution in [1.82, 2.24) is 20.9 Å². The van der Waals surface area contributed by atoms with Crippen LogP contribution in [0, 0.1) is 37.1 Å². The second kappa shape index (κ2) is 19.1. The van der Waals surface area contributed by atoms with Gasteiger partial charge in [-0.05, 0) is 106 Å². The van der Waals surface area contributed by atoms with E-state index >= 15 is 0 Å². The first-order valence-corrected chi connectivity index (χ1v) is 17.5. The fourth-order valence-electron chi connectivity index (χ4n) is 6.45. The second-order valence-electron chi connectivity index (χ2n) is 12.7. The first-order valence-electron chi connectivity index (χ1n) is 17.5. The normalized spacial score (nSPS) is 15.3. The minimum absolute atomic E-state index is 0.0633. The van der Waals surface area contributed by atoms with Crippen molar-refractivity contribution in [3.8, 4) is 0 Å². The zero-order valence-electron chi connectivity index (χ0n) is 28.4. The molecule has 1 aliphatic rings. The summed E-state index contributed by atoms with van der Waals surface area (Å²) in [4.78, 5) is 16.0. The summed E-state index contributed by atoms with van der Waals surface area (Å²) in [7, 11) is 0. The predicted octanol–water partition coefficient (Wildman–Crippen LogP) is 6.49. The first-order chi connectivity index (χ1) is 22.5. The summed E-state index contributed by atoms with van der Waals surface area (Å²) in [5.74, 6) is 0.757. The van der Waals surface area contributed by atoms with Crippen LogP contribution in [0.1, 0.15) is 85.4 Å². The molecule has 0 saturated heterocycles. The van der Waals surface area contributed by atoms with Crippen molar-refractivity contribution in [2.24, 2.45) is 5.92 Å². The molecule has 244 valence electrons. The molecule has 46 heavy (non-hydrogen) atoms. The maximum Gasteiger partial charge on any atom is 0.237 e. The van der Waals surface area contributed by atoms with E-state index < -0.39 is 0 Å². The molecule has 1 amide bonds. The van der Waals surface area contributed by atoms with Gasteiger partial charge in [-0.1, -0.05) is 106 Å². The van der Waals surface area contributed by atoms with Crippen LogP contribution in [0.2, 0.25) is 0 Å². The molecule has 0 radical (unpaired) electrons. The minimum Gasteiger partial charge on any atom is -0.353 e. The van der Waals surface area contributed by atoms with Gasteiger partial charge in [-0.25, -0.2) is 0 Å². The van der Waals surface area contributed by atoms with Gasteiger partial charge in [0.1, 0.15) is 0 Å². The third-order valence-electron chi connectivity index (χ3n) is 9.47. The Kier molecular flexibility index (Phi) is 14.7. The van der Waals surface area contributed by atoms with E-state index in [1.807, 2.05) is 6.08 Å². The first kappa shape index (κ1) is 35.2. The molecule has 3 atom stereocenters. The molecular formula is C41H54N4O. The van der Waals surface area contributed by atoms with Gasteiger partial charge in [-0.15, -0.1) is 0 Å². The Morgan fingerprint density at radius 2 is 1.70 bits per heavy atom. The lowest BCUT2D eigenvalue weighted by Crippen LogP contribution is -2.47. The summed E-state index contributed by atoms with van der Waals surface area (Å²) in [5.41, 5.74) is 7.35. The molecule has 5 heteroatoms. The molecule has 3 aromatic rings. The number of unbranched alkanes of at least 4 members (excludes halogenated alkanes) is 1. The number of amides is 1. The summed E-state index contributed by atoms with van der Waals surface area (Å²) < 4.78 is 0. The Hall–Kier alpha value is -3.61. The zero-order chi connectivity index (χ0) is 32.6. The van der Waals surface area contributed by atoms with Gasteiger partial charge in [0, 0.05) is 30.3 Å². The number of nitrogens with one attached hydrogen (secondary N) is 3. The van der Waals surface area contributed by atoms with Crippen molar-refractivity contribution in [2.45, 2.75) is 84.2 Å².